The summed E-state index contributed by atoms with van der Waals surface area (Å²) >= 11 is 1.38. The largest absolute Gasteiger partial charge is 0.431 e. The fraction of sp³-hybridized carbons (Fsp3) is 0.467. The lowest BCUT2D eigenvalue weighted by molar-refractivity contribution is -0.129. The summed E-state index contributed by atoms with van der Waals surface area (Å²) in [6.45, 7) is 4.01. The number of rotatable bonds is 3. The third-order valence-corrected chi connectivity index (χ3v) is 4.54. The first-order chi connectivity index (χ1) is 9.72. The molecular weight excluding hydrogens is 272 g/mol. The van der Waals surface area contributed by atoms with Crippen LogP contribution in [0.15, 0.2) is 33.9 Å². The van der Waals surface area contributed by atoms with Crippen molar-refractivity contribution in [2.75, 3.05) is 18.8 Å². The normalized spacial score (nSPS) is 16.8. The maximum atomic E-state index is 12.1. The molecule has 5 heteroatoms. The van der Waals surface area contributed by atoms with Crippen molar-refractivity contribution in [1.29, 1.82) is 0 Å². The molecule has 1 aromatic carbocycles. The molecule has 20 heavy (non-hydrogen) atoms. The van der Waals surface area contributed by atoms with Crippen LogP contribution < -0.4 is 0 Å². The molecule has 1 saturated heterocycles. The summed E-state index contributed by atoms with van der Waals surface area (Å²) in [7, 11) is 0. The average Bonchev–Trinajstić information content (AvgIpc) is 2.88. The number of aromatic nitrogens is 1. The molecule has 0 bridgehead atoms. The van der Waals surface area contributed by atoms with Crippen LogP contribution >= 0.6 is 11.8 Å². The van der Waals surface area contributed by atoms with Crippen molar-refractivity contribution < 1.29 is 9.21 Å². The summed E-state index contributed by atoms with van der Waals surface area (Å²) < 4.78 is 5.60. The predicted octanol–water partition coefficient (Wildman–Crippen LogP) is 3.18. The Morgan fingerprint density at radius 1 is 1.40 bits per heavy atom. The lowest BCUT2D eigenvalue weighted by atomic mass is 9.99. The van der Waals surface area contributed by atoms with Gasteiger partial charge in [0.15, 0.2) is 5.58 Å². The summed E-state index contributed by atoms with van der Waals surface area (Å²) in [5.41, 5.74) is 1.61. The number of amides is 1. The topological polar surface area (TPSA) is 46.3 Å². The minimum absolute atomic E-state index is 0.184. The first-order valence-corrected chi connectivity index (χ1v) is 7.97. The minimum atomic E-state index is 0.184. The number of thioether (sulfide) groups is 1. The highest BCUT2D eigenvalue weighted by Crippen LogP contribution is 2.24. The van der Waals surface area contributed by atoms with Crippen molar-refractivity contribution in [1.82, 2.24) is 9.88 Å². The van der Waals surface area contributed by atoms with Crippen molar-refractivity contribution in [3.8, 4) is 0 Å². The Bertz CT molecular complexity index is 570. The van der Waals surface area contributed by atoms with Gasteiger partial charge in [-0.05, 0) is 30.9 Å². The van der Waals surface area contributed by atoms with Crippen LogP contribution in [0.25, 0.3) is 11.1 Å². The molecule has 0 atom stereocenters. The monoisotopic (exact) mass is 290 g/mol. The van der Waals surface area contributed by atoms with Gasteiger partial charge in [-0.2, -0.15) is 0 Å². The Morgan fingerprint density at radius 2 is 2.15 bits per heavy atom. The van der Waals surface area contributed by atoms with Crippen molar-refractivity contribution in [2.24, 2.45) is 5.92 Å². The van der Waals surface area contributed by atoms with Gasteiger partial charge in [0.25, 0.3) is 5.22 Å². The van der Waals surface area contributed by atoms with Gasteiger partial charge in [0, 0.05) is 13.1 Å². The average molecular weight is 290 g/mol. The zero-order valence-electron chi connectivity index (χ0n) is 11.5. The van der Waals surface area contributed by atoms with Gasteiger partial charge in [0.2, 0.25) is 5.91 Å². The molecule has 0 spiro atoms. The molecule has 1 amide bonds. The predicted molar refractivity (Wildman–Crippen MR) is 79.7 cm³/mol. The zero-order valence-corrected chi connectivity index (χ0v) is 12.4. The van der Waals surface area contributed by atoms with Crippen molar-refractivity contribution in [3.63, 3.8) is 0 Å². The van der Waals surface area contributed by atoms with Gasteiger partial charge in [0.1, 0.15) is 5.52 Å². The van der Waals surface area contributed by atoms with Crippen LogP contribution in [0.4, 0.5) is 0 Å². The highest BCUT2D eigenvalue weighted by Gasteiger charge is 2.20. The number of carbonyl (C=O) groups excluding carboxylic acids is 1. The van der Waals surface area contributed by atoms with E-state index in [1.807, 2.05) is 29.2 Å². The smallest absolute Gasteiger partial charge is 0.257 e. The van der Waals surface area contributed by atoms with E-state index in [0.29, 0.717) is 11.0 Å². The Balaban J connectivity index is 1.57. The Labute approximate surface area is 122 Å². The second-order valence-electron chi connectivity index (χ2n) is 5.30. The van der Waals surface area contributed by atoms with E-state index in [9.17, 15) is 4.79 Å². The summed E-state index contributed by atoms with van der Waals surface area (Å²) in [5.74, 6) is 1.33. The lowest BCUT2D eigenvalue weighted by Crippen LogP contribution is -2.38. The number of nitrogens with zero attached hydrogens (tertiary/aromatic N) is 2. The highest BCUT2D eigenvalue weighted by atomic mass is 32.2. The van der Waals surface area contributed by atoms with Crippen LogP contribution in [-0.4, -0.2) is 34.6 Å². The number of hydrogen-bond acceptors (Lipinski definition) is 4. The molecule has 0 N–H and O–H groups in total. The molecule has 106 valence electrons. The Hall–Kier alpha value is -1.49. The molecule has 0 saturated carbocycles. The van der Waals surface area contributed by atoms with E-state index in [2.05, 4.69) is 11.9 Å². The van der Waals surface area contributed by atoms with E-state index in [1.165, 1.54) is 11.8 Å². The lowest BCUT2D eigenvalue weighted by Gasteiger charge is -2.30. The third kappa shape index (κ3) is 2.98. The molecular formula is C15H18N2O2S. The van der Waals surface area contributed by atoms with E-state index >= 15 is 0 Å². The van der Waals surface area contributed by atoms with Gasteiger partial charge < -0.3 is 9.32 Å². The molecule has 0 radical (unpaired) electrons. The summed E-state index contributed by atoms with van der Waals surface area (Å²) in [5, 5.41) is 0.574. The quantitative estimate of drug-likeness (QED) is 0.815. The van der Waals surface area contributed by atoms with Gasteiger partial charge in [-0.3, -0.25) is 4.79 Å². The summed E-state index contributed by atoms with van der Waals surface area (Å²) in [6.07, 6.45) is 2.22. The number of carbonyl (C=O) groups is 1. The fourth-order valence-corrected chi connectivity index (χ4v) is 3.13. The van der Waals surface area contributed by atoms with Crippen LogP contribution in [0.2, 0.25) is 0 Å². The van der Waals surface area contributed by atoms with Gasteiger partial charge in [-0.25, -0.2) is 4.98 Å². The number of benzene rings is 1. The number of piperidine rings is 1. The van der Waals surface area contributed by atoms with Crippen molar-refractivity contribution in [2.45, 2.75) is 25.0 Å². The molecule has 4 nitrogen and oxygen atoms in total. The summed E-state index contributed by atoms with van der Waals surface area (Å²) in [4.78, 5) is 18.5. The highest BCUT2D eigenvalue weighted by molar-refractivity contribution is 7.99. The first-order valence-electron chi connectivity index (χ1n) is 6.98. The number of para-hydroxylation sites is 2. The van der Waals surface area contributed by atoms with Crippen molar-refractivity contribution in [3.05, 3.63) is 24.3 Å². The molecule has 3 rings (SSSR count). The van der Waals surface area contributed by atoms with Gasteiger partial charge in [0.05, 0.1) is 5.75 Å². The number of oxazole rings is 1. The fourth-order valence-electron chi connectivity index (χ4n) is 2.39. The van der Waals surface area contributed by atoms with E-state index in [-0.39, 0.29) is 5.91 Å². The third-order valence-electron chi connectivity index (χ3n) is 3.73. The number of hydrogen-bond donors (Lipinski definition) is 0. The van der Waals surface area contributed by atoms with E-state index in [4.69, 9.17) is 4.42 Å². The van der Waals surface area contributed by atoms with Gasteiger partial charge >= 0.3 is 0 Å². The van der Waals surface area contributed by atoms with Crippen LogP contribution in [0.3, 0.4) is 0 Å². The molecule has 1 aromatic heterocycles. The van der Waals surface area contributed by atoms with Crippen LogP contribution in [0.5, 0.6) is 0 Å². The number of likely N-dealkylation sites (tertiary alicyclic amines) is 1. The molecule has 1 aliphatic rings. The van der Waals surface area contributed by atoms with E-state index in [1.54, 1.807) is 0 Å². The molecule has 1 fully saturated rings. The zero-order chi connectivity index (χ0) is 13.9. The molecule has 0 unspecified atom stereocenters. The molecule has 2 aromatic rings. The molecule has 1 aliphatic heterocycles. The van der Waals surface area contributed by atoms with Crippen LogP contribution in [0.1, 0.15) is 19.8 Å². The molecule has 2 heterocycles. The Morgan fingerprint density at radius 3 is 2.90 bits per heavy atom. The maximum absolute atomic E-state index is 12.1. The van der Waals surface area contributed by atoms with Crippen LogP contribution in [-0.2, 0) is 4.79 Å². The Kier molecular flexibility index (Phi) is 3.96. The second kappa shape index (κ2) is 5.87. The SMILES string of the molecule is CC1CCN(C(=O)CSc2nc3ccccc3o2)CC1. The number of fused-ring (bicyclic) bond motifs is 1. The first kappa shape index (κ1) is 13.5. The van der Waals surface area contributed by atoms with Crippen LogP contribution in [0, 0.1) is 5.92 Å². The maximum Gasteiger partial charge on any atom is 0.257 e. The van der Waals surface area contributed by atoms with Crippen molar-refractivity contribution >= 4 is 28.8 Å². The summed E-state index contributed by atoms with van der Waals surface area (Å²) in [6, 6.07) is 7.65. The second-order valence-corrected chi connectivity index (χ2v) is 6.23. The molecule has 0 aliphatic carbocycles. The standard InChI is InChI=1S/C15H18N2O2S/c1-11-6-8-17(9-7-11)14(18)10-20-15-16-12-4-2-3-5-13(12)19-15/h2-5,11H,6-10H2,1H3. The minimum Gasteiger partial charge on any atom is -0.431 e. The van der Waals surface area contributed by atoms with E-state index < -0.39 is 0 Å². The van der Waals surface area contributed by atoms with E-state index in [0.717, 1.165) is 42.9 Å². The van der Waals surface area contributed by atoms with Gasteiger partial charge in [-0.15, -0.1) is 0 Å². The van der Waals surface area contributed by atoms with Gasteiger partial charge in [-0.1, -0.05) is 30.8 Å².